The highest BCUT2D eigenvalue weighted by Gasteiger charge is 2.09. The highest BCUT2D eigenvalue weighted by molar-refractivity contribution is 7.71. The molecular formula is C9H12N2O2S. The number of aliphatic hydroxyl groups is 1. The van der Waals surface area contributed by atoms with Gasteiger partial charge in [-0.2, -0.15) is 0 Å². The largest absolute Gasteiger partial charge is 0.394 e. The van der Waals surface area contributed by atoms with E-state index in [0.29, 0.717) is 10.2 Å². The average molecular weight is 212 g/mol. The van der Waals surface area contributed by atoms with Gasteiger partial charge in [0.15, 0.2) is 0 Å². The maximum Gasteiger partial charge on any atom is 0.254 e. The van der Waals surface area contributed by atoms with E-state index in [0.717, 1.165) is 0 Å². The summed E-state index contributed by atoms with van der Waals surface area (Å²) < 4.78 is 0.398. The molecule has 1 unspecified atom stereocenters. The van der Waals surface area contributed by atoms with Gasteiger partial charge in [-0.25, -0.2) is 0 Å². The number of aromatic nitrogens is 1. The summed E-state index contributed by atoms with van der Waals surface area (Å²) in [6.07, 6.45) is 1.66. The fourth-order valence-electron chi connectivity index (χ4n) is 0.948. The summed E-state index contributed by atoms with van der Waals surface area (Å²) in [4.78, 5) is 14.3. The molecule has 0 fully saturated rings. The molecule has 0 saturated carbocycles. The van der Waals surface area contributed by atoms with Crippen LogP contribution in [0, 0.1) is 4.64 Å². The monoisotopic (exact) mass is 212 g/mol. The van der Waals surface area contributed by atoms with Crippen molar-refractivity contribution in [3.05, 3.63) is 28.5 Å². The van der Waals surface area contributed by atoms with Crippen molar-refractivity contribution in [2.24, 2.45) is 0 Å². The number of carbonyl (C=O) groups is 1. The van der Waals surface area contributed by atoms with Gasteiger partial charge in [0.2, 0.25) is 0 Å². The van der Waals surface area contributed by atoms with E-state index in [1.54, 1.807) is 25.3 Å². The van der Waals surface area contributed by atoms with Crippen LogP contribution < -0.4 is 5.32 Å². The van der Waals surface area contributed by atoms with Gasteiger partial charge >= 0.3 is 0 Å². The molecule has 3 N–H and O–H groups in total. The number of H-pyrrole nitrogens is 1. The van der Waals surface area contributed by atoms with Crippen molar-refractivity contribution >= 4 is 18.1 Å². The van der Waals surface area contributed by atoms with E-state index in [2.05, 4.69) is 10.3 Å². The molecule has 4 nitrogen and oxygen atoms in total. The number of hydrogen-bond acceptors (Lipinski definition) is 3. The molecular weight excluding hydrogens is 200 g/mol. The number of aromatic amines is 1. The molecule has 0 aliphatic heterocycles. The summed E-state index contributed by atoms with van der Waals surface area (Å²) in [5, 5.41) is 11.4. The lowest BCUT2D eigenvalue weighted by Crippen LogP contribution is -2.35. The Hall–Kier alpha value is -1.20. The smallest absolute Gasteiger partial charge is 0.254 e. The minimum Gasteiger partial charge on any atom is -0.394 e. The third-order valence-corrected chi connectivity index (χ3v) is 2.05. The predicted octanol–water partition coefficient (Wildman–Crippen LogP) is 0.855. The van der Waals surface area contributed by atoms with Crippen molar-refractivity contribution in [3.63, 3.8) is 0 Å². The highest BCUT2D eigenvalue weighted by atomic mass is 32.1. The second-order valence-corrected chi connectivity index (χ2v) is 3.38. The van der Waals surface area contributed by atoms with Gasteiger partial charge < -0.3 is 15.4 Å². The zero-order valence-electron chi connectivity index (χ0n) is 7.78. The third-order valence-electron chi connectivity index (χ3n) is 1.71. The summed E-state index contributed by atoms with van der Waals surface area (Å²) in [7, 11) is 0. The third kappa shape index (κ3) is 2.65. The Kier molecular flexibility index (Phi) is 3.79. The molecule has 1 heterocycles. The van der Waals surface area contributed by atoms with Crippen molar-refractivity contribution < 1.29 is 9.90 Å². The predicted molar refractivity (Wildman–Crippen MR) is 55.6 cm³/mol. The number of hydrogen-bond donors (Lipinski definition) is 3. The van der Waals surface area contributed by atoms with Crippen molar-refractivity contribution in [1.29, 1.82) is 0 Å². The number of aliphatic hydroxyl groups excluding tert-OH is 1. The second-order valence-electron chi connectivity index (χ2n) is 2.97. The van der Waals surface area contributed by atoms with Crippen LogP contribution in [0.5, 0.6) is 0 Å². The molecule has 1 aromatic rings. The number of rotatable bonds is 3. The van der Waals surface area contributed by atoms with Crippen LogP contribution in [-0.2, 0) is 0 Å². The van der Waals surface area contributed by atoms with Gasteiger partial charge in [0.1, 0.15) is 4.64 Å². The van der Waals surface area contributed by atoms with E-state index in [1.807, 2.05) is 0 Å². The molecule has 1 aromatic heterocycles. The Labute approximate surface area is 87.0 Å². The first-order valence-electron chi connectivity index (χ1n) is 4.24. The van der Waals surface area contributed by atoms with E-state index < -0.39 is 0 Å². The molecule has 1 rings (SSSR count). The highest BCUT2D eigenvalue weighted by Crippen LogP contribution is 1.99. The Morgan fingerprint density at radius 2 is 2.50 bits per heavy atom. The summed E-state index contributed by atoms with van der Waals surface area (Å²) >= 11 is 4.94. The second kappa shape index (κ2) is 4.88. The molecule has 0 aliphatic carbocycles. The van der Waals surface area contributed by atoms with Gasteiger partial charge in [0.25, 0.3) is 5.91 Å². The van der Waals surface area contributed by atoms with Crippen molar-refractivity contribution in [3.8, 4) is 0 Å². The van der Waals surface area contributed by atoms with Gasteiger partial charge in [-0.15, -0.1) is 0 Å². The maximum absolute atomic E-state index is 11.5. The quantitative estimate of drug-likeness (QED) is 0.651. The molecule has 0 saturated heterocycles. The molecule has 76 valence electrons. The van der Waals surface area contributed by atoms with E-state index in [4.69, 9.17) is 17.3 Å². The maximum atomic E-state index is 11.5. The van der Waals surface area contributed by atoms with Crippen molar-refractivity contribution in [1.82, 2.24) is 10.3 Å². The van der Waals surface area contributed by atoms with Crippen LogP contribution in [0.2, 0.25) is 0 Å². The lowest BCUT2D eigenvalue weighted by molar-refractivity contribution is 0.0921. The van der Waals surface area contributed by atoms with Crippen LogP contribution in [0.3, 0.4) is 0 Å². The van der Waals surface area contributed by atoms with E-state index >= 15 is 0 Å². The molecule has 1 amide bonds. The summed E-state index contributed by atoms with van der Waals surface area (Å²) in [5.74, 6) is -0.270. The first kappa shape index (κ1) is 10.9. The van der Waals surface area contributed by atoms with Crippen LogP contribution in [-0.4, -0.2) is 28.6 Å². The number of nitrogens with one attached hydrogen (secondary N) is 2. The standard InChI is InChI=1S/C9H12N2O2S/c1-6(5-12)11-8(13)7-3-2-4-10-9(7)14/h2-4,6,12H,5H2,1H3,(H,10,14)(H,11,13). The Bertz CT molecular complexity index is 375. The Morgan fingerprint density at radius 1 is 1.79 bits per heavy atom. The Balaban J connectivity index is 2.80. The van der Waals surface area contributed by atoms with Gasteiger partial charge in [0, 0.05) is 12.2 Å². The molecule has 0 aliphatic rings. The van der Waals surface area contributed by atoms with Crippen molar-refractivity contribution in [2.45, 2.75) is 13.0 Å². The topological polar surface area (TPSA) is 65.1 Å². The molecule has 0 bridgehead atoms. The van der Waals surface area contributed by atoms with Crippen LogP contribution in [0.25, 0.3) is 0 Å². The molecule has 5 heteroatoms. The molecule has 0 radical (unpaired) electrons. The van der Waals surface area contributed by atoms with Gasteiger partial charge in [-0.05, 0) is 19.1 Å². The molecule has 0 aromatic carbocycles. The zero-order chi connectivity index (χ0) is 10.6. The summed E-state index contributed by atoms with van der Waals surface area (Å²) in [6, 6.07) is 3.07. The minimum atomic E-state index is -0.270. The molecule has 14 heavy (non-hydrogen) atoms. The normalized spacial score (nSPS) is 12.1. The van der Waals surface area contributed by atoms with E-state index in [9.17, 15) is 4.79 Å². The van der Waals surface area contributed by atoms with Crippen molar-refractivity contribution in [2.75, 3.05) is 6.61 Å². The Morgan fingerprint density at radius 3 is 3.07 bits per heavy atom. The fourth-order valence-corrected chi connectivity index (χ4v) is 1.18. The van der Waals surface area contributed by atoms with Gasteiger partial charge in [-0.1, -0.05) is 12.2 Å². The first-order valence-corrected chi connectivity index (χ1v) is 4.65. The van der Waals surface area contributed by atoms with Crippen LogP contribution in [0.4, 0.5) is 0 Å². The van der Waals surface area contributed by atoms with Crippen LogP contribution in [0.15, 0.2) is 18.3 Å². The van der Waals surface area contributed by atoms with E-state index in [1.165, 1.54) is 0 Å². The summed E-state index contributed by atoms with van der Waals surface area (Å²) in [5.41, 5.74) is 0.419. The number of carbonyl (C=O) groups excluding carboxylic acids is 1. The SMILES string of the molecule is CC(CO)NC(=O)c1ccc[nH]c1=S. The number of amides is 1. The first-order chi connectivity index (χ1) is 6.65. The summed E-state index contributed by atoms with van der Waals surface area (Å²) in [6.45, 7) is 1.63. The van der Waals surface area contributed by atoms with Gasteiger partial charge in [0.05, 0.1) is 12.2 Å². The minimum absolute atomic E-state index is 0.0882. The number of pyridine rings is 1. The average Bonchev–Trinajstić information content (AvgIpc) is 2.18. The lowest BCUT2D eigenvalue weighted by Gasteiger charge is -2.10. The lowest BCUT2D eigenvalue weighted by atomic mass is 10.2. The van der Waals surface area contributed by atoms with Gasteiger partial charge in [-0.3, -0.25) is 4.79 Å². The molecule has 0 spiro atoms. The zero-order valence-corrected chi connectivity index (χ0v) is 8.60. The fraction of sp³-hybridized carbons (Fsp3) is 0.333. The van der Waals surface area contributed by atoms with E-state index in [-0.39, 0.29) is 18.6 Å². The van der Waals surface area contributed by atoms with Crippen LogP contribution in [0.1, 0.15) is 17.3 Å². The molecule has 1 atom stereocenters. The van der Waals surface area contributed by atoms with Crippen LogP contribution >= 0.6 is 12.2 Å².